The topological polar surface area (TPSA) is 224 Å². The molecule has 0 aliphatic carbocycles. The first-order valence-electron chi connectivity index (χ1n) is 17.1. The fourth-order valence-corrected chi connectivity index (χ4v) is 6.21. The number of carboxylic acid groups (broad SMARTS) is 1. The van der Waals surface area contributed by atoms with Crippen molar-refractivity contribution in [3.63, 3.8) is 0 Å². The van der Waals surface area contributed by atoms with Crippen LogP contribution in [0.15, 0.2) is 106 Å². The van der Waals surface area contributed by atoms with E-state index in [4.69, 9.17) is 4.42 Å². The Hall–Kier alpha value is -5.64. The van der Waals surface area contributed by atoms with Crippen molar-refractivity contribution in [2.75, 3.05) is 5.32 Å². The minimum absolute atomic E-state index is 0.0619. The summed E-state index contributed by atoms with van der Waals surface area (Å²) >= 11 is 3.38. The molecule has 2 bridgehead atoms. The molecule has 282 valence electrons. The molecule has 0 radical (unpaired) electrons. The maximum absolute atomic E-state index is 14.1. The van der Waals surface area contributed by atoms with E-state index < -0.39 is 78.1 Å². The van der Waals surface area contributed by atoms with Crippen molar-refractivity contribution < 1.29 is 48.5 Å². The van der Waals surface area contributed by atoms with E-state index in [2.05, 4.69) is 37.2 Å². The summed E-state index contributed by atoms with van der Waals surface area (Å²) < 4.78 is 6.22. The van der Waals surface area contributed by atoms with Gasteiger partial charge in [-0.3, -0.25) is 28.8 Å². The number of ketones is 1. The number of halogens is 1. The average Bonchev–Trinajstić information content (AvgIpc) is 3.67. The van der Waals surface area contributed by atoms with E-state index in [0.717, 1.165) is 4.47 Å². The Morgan fingerprint density at radius 3 is 1.81 bits per heavy atom. The summed E-state index contributed by atoms with van der Waals surface area (Å²) in [5.74, 6) is -6.66. The van der Waals surface area contributed by atoms with E-state index in [1.54, 1.807) is 66.7 Å². The average molecular weight is 804 g/mol. The number of amides is 4. The van der Waals surface area contributed by atoms with Gasteiger partial charge in [-0.1, -0.05) is 70.5 Å². The third kappa shape index (κ3) is 10.9. The first kappa shape index (κ1) is 39.6. The number of nitrogens with one attached hydrogen (secondary N) is 4. The van der Waals surface area contributed by atoms with Gasteiger partial charge < -0.3 is 41.0 Å². The van der Waals surface area contributed by atoms with Gasteiger partial charge in [0.15, 0.2) is 18.0 Å². The van der Waals surface area contributed by atoms with Crippen molar-refractivity contribution in [3.05, 3.63) is 124 Å². The molecule has 54 heavy (non-hydrogen) atoms. The van der Waals surface area contributed by atoms with Gasteiger partial charge >= 0.3 is 5.97 Å². The number of furan rings is 1. The van der Waals surface area contributed by atoms with Crippen LogP contribution in [0.25, 0.3) is 0 Å². The fourth-order valence-electron chi connectivity index (χ4n) is 5.95. The monoisotopic (exact) mass is 802 g/mol. The second-order valence-corrected chi connectivity index (χ2v) is 13.9. The van der Waals surface area contributed by atoms with Gasteiger partial charge in [-0.25, -0.2) is 0 Å². The van der Waals surface area contributed by atoms with Gasteiger partial charge in [-0.15, -0.1) is 0 Å². The van der Waals surface area contributed by atoms with Gasteiger partial charge in [-0.05, 0) is 59.5 Å². The zero-order valence-electron chi connectivity index (χ0n) is 28.8. The van der Waals surface area contributed by atoms with Crippen molar-refractivity contribution in [1.82, 2.24) is 16.0 Å². The molecule has 0 spiro atoms. The summed E-state index contributed by atoms with van der Waals surface area (Å²) in [6.07, 6.45) is -3.96. The second kappa shape index (κ2) is 18.4. The quantitative estimate of drug-likeness (QED) is 0.135. The number of carbonyl (C=O) groups excluding carboxylic acids is 5. The molecule has 0 saturated carbocycles. The highest BCUT2D eigenvalue weighted by Crippen LogP contribution is 2.20. The summed E-state index contributed by atoms with van der Waals surface area (Å²) in [5.41, 5.74) is 1.91. The molecule has 2 aliphatic heterocycles. The number of rotatable bonds is 7. The molecule has 0 fully saturated rings. The van der Waals surface area contributed by atoms with Gasteiger partial charge in [0.2, 0.25) is 11.8 Å². The van der Waals surface area contributed by atoms with Crippen LogP contribution in [0, 0.1) is 5.92 Å². The van der Waals surface area contributed by atoms with Crippen LogP contribution in [0.4, 0.5) is 5.69 Å². The number of hydrogen-bond donors (Lipinski definition) is 7. The third-order valence-corrected chi connectivity index (χ3v) is 9.46. The minimum Gasteiger partial charge on any atom is -0.481 e. The molecule has 4 aromatic rings. The molecule has 1 aromatic heterocycles. The Morgan fingerprint density at radius 2 is 1.22 bits per heavy atom. The summed E-state index contributed by atoms with van der Waals surface area (Å²) in [5, 5.41) is 41.6. The molecule has 3 heterocycles. The number of anilines is 1. The molecular weight excluding hydrogens is 764 g/mol. The van der Waals surface area contributed by atoms with E-state index >= 15 is 0 Å². The van der Waals surface area contributed by atoms with Gasteiger partial charge in [0.05, 0.1) is 18.2 Å². The van der Waals surface area contributed by atoms with Crippen LogP contribution in [0.1, 0.15) is 28.9 Å². The van der Waals surface area contributed by atoms with Crippen molar-refractivity contribution >= 4 is 57.0 Å². The molecule has 2 aliphatic rings. The number of aliphatic hydroxyl groups excluding tert-OH is 2. The van der Waals surface area contributed by atoms with E-state index in [0.29, 0.717) is 22.5 Å². The van der Waals surface area contributed by atoms with Gasteiger partial charge in [-0.2, -0.15) is 0 Å². The minimum atomic E-state index is -2.30. The Bertz CT molecular complexity index is 1940. The molecule has 0 unspecified atom stereocenters. The van der Waals surface area contributed by atoms with Gasteiger partial charge in [0.25, 0.3) is 11.8 Å². The van der Waals surface area contributed by atoms with Crippen LogP contribution in [0.3, 0.4) is 0 Å². The second-order valence-electron chi connectivity index (χ2n) is 13.0. The zero-order valence-corrected chi connectivity index (χ0v) is 30.4. The highest BCUT2D eigenvalue weighted by atomic mass is 79.9. The Morgan fingerprint density at radius 1 is 0.648 bits per heavy atom. The lowest BCUT2D eigenvalue weighted by molar-refractivity contribution is -0.145. The van der Waals surface area contributed by atoms with Crippen LogP contribution in [-0.4, -0.2) is 81.0 Å². The normalized spacial score (nSPS) is 23.4. The number of carboxylic acids is 1. The number of carbonyl (C=O) groups is 6. The predicted molar refractivity (Wildman–Crippen MR) is 198 cm³/mol. The molecule has 4 amide bonds. The zero-order chi connectivity index (χ0) is 38.8. The van der Waals surface area contributed by atoms with Crippen LogP contribution in [0.2, 0.25) is 0 Å². The molecule has 14 nitrogen and oxygen atoms in total. The van der Waals surface area contributed by atoms with Crippen LogP contribution in [-0.2, 0) is 54.5 Å². The lowest BCUT2D eigenvalue weighted by atomic mass is 9.91. The predicted octanol–water partition coefficient (Wildman–Crippen LogP) is 2.10. The summed E-state index contributed by atoms with van der Waals surface area (Å²) in [7, 11) is 0. The van der Waals surface area contributed by atoms with Crippen LogP contribution < -0.4 is 21.3 Å². The molecule has 0 saturated heterocycles. The molecule has 6 atom stereocenters. The van der Waals surface area contributed by atoms with E-state index in [1.165, 1.54) is 30.5 Å². The fraction of sp³-hybridized carbons (Fsp3) is 0.282. The molecule has 15 heteroatoms. The molecule has 3 aromatic carbocycles. The van der Waals surface area contributed by atoms with Crippen molar-refractivity contribution in [2.24, 2.45) is 5.92 Å². The molecule has 6 rings (SSSR count). The first-order chi connectivity index (χ1) is 25.9. The van der Waals surface area contributed by atoms with E-state index in [9.17, 15) is 44.1 Å². The van der Waals surface area contributed by atoms with Crippen LogP contribution >= 0.6 is 15.9 Å². The Kier molecular flexibility index (Phi) is 13.5. The maximum Gasteiger partial charge on any atom is 0.307 e. The number of hydrogen-bond acceptors (Lipinski definition) is 9. The number of benzene rings is 3. The first-order valence-corrected chi connectivity index (χ1v) is 17.9. The standard InChI is InChI=1S/C39H39BrN4O10/c40-26-12-8-24(9-13-26)19-30-35(48)42-29(21-28-7-4-16-54-28)32(45)20-25(39(52)53)17-23-10-14-27(15-11-23)41-37(50)33(46)34(47)38(51)44-31(36(49)43-30)18-22-5-2-1-3-6-22/h1-16,25,29-31,33-34,46-47H,17-21H2,(H,41,50)(H,42,48)(H,43,49)(H,44,51)(H,52,53)/t25-,29+,30-,31+,33+,34+/m0/s1. The smallest absolute Gasteiger partial charge is 0.307 e. The maximum atomic E-state index is 14.1. The SMILES string of the molecule is O=C(O)[C@@H]1CC(=O)[C@@H](Cc2ccco2)NC(=O)[C@H](Cc2ccc(Br)cc2)NC(=O)[C@@H](Cc2ccccc2)NC(=O)[C@H](O)[C@@H](O)C(=O)Nc2ccc(cc2)C1. The lowest BCUT2D eigenvalue weighted by Gasteiger charge is -2.26. The summed E-state index contributed by atoms with van der Waals surface area (Å²) in [6.45, 7) is 0. The van der Waals surface area contributed by atoms with Crippen molar-refractivity contribution in [2.45, 2.75) is 62.4 Å². The number of Topliss-reactive ketones (excluding diaryl/α,β-unsaturated/α-hetero) is 1. The third-order valence-electron chi connectivity index (χ3n) is 8.93. The highest BCUT2D eigenvalue weighted by Gasteiger charge is 2.36. The van der Waals surface area contributed by atoms with Crippen LogP contribution in [0.5, 0.6) is 0 Å². The van der Waals surface area contributed by atoms with Crippen molar-refractivity contribution in [1.29, 1.82) is 0 Å². The Balaban J connectivity index is 1.53. The Labute approximate surface area is 318 Å². The molecular formula is C39H39BrN4O10. The lowest BCUT2D eigenvalue weighted by Crippen LogP contribution is -2.59. The van der Waals surface area contributed by atoms with Gasteiger partial charge in [0.1, 0.15) is 17.8 Å². The van der Waals surface area contributed by atoms with E-state index in [-0.39, 0.29) is 31.4 Å². The van der Waals surface area contributed by atoms with E-state index in [1.807, 2.05) is 0 Å². The van der Waals surface area contributed by atoms with Crippen molar-refractivity contribution in [3.8, 4) is 0 Å². The number of aliphatic hydroxyl groups is 2. The highest BCUT2D eigenvalue weighted by molar-refractivity contribution is 9.10. The molecule has 7 N–H and O–H groups in total. The number of fused-ring (bicyclic) bond motifs is 18. The number of aliphatic carboxylic acids is 1. The summed E-state index contributed by atoms with van der Waals surface area (Å²) in [6, 6.07) is 20.7. The van der Waals surface area contributed by atoms with Gasteiger partial charge in [0, 0.05) is 35.8 Å². The summed E-state index contributed by atoms with van der Waals surface area (Å²) in [4.78, 5) is 80.6. The largest absolute Gasteiger partial charge is 0.481 e.